The first-order valence-corrected chi connectivity index (χ1v) is 11.2. The smallest absolute Gasteiger partial charge is 0.231 e. The van der Waals surface area contributed by atoms with Crippen molar-refractivity contribution >= 4 is 5.69 Å². The van der Waals surface area contributed by atoms with Crippen molar-refractivity contribution < 1.29 is 19.3 Å². The fourth-order valence-electron chi connectivity index (χ4n) is 4.77. The second-order valence-electron chi connectivity index (χ2n) is 8.35. The molecule has 0 radical (unpaired) electrons. The molecule has 2 aromatic carbocycles. The molecule has 3 heterocycles. The topological polar surface area (TPSA) is 70.9 Å². The average molecular weight is 423 g/mol. The number of aromatic nitrogens is 4. The Morgan fingerprint density at radius 2 is 1.81 bits per heavy atom. The summed E-state index contributed by atoms with van der Waals surface area (Å²) >= 11 is 0. The maximum absolute atomic E-state index is 5.53. The van der Waals surface area contributed by atoms with Crippen LogP contribution in [0, 0.1) is 0 Å². The van der Waals surface area contributed by atoms with E-state index < -0.39 is 0 Å². The molecule has 2 aliphatic heterocycles. The minimum Gasteiger partial charge on any atom is -0.454 e. The van der Waals surface area contributed by atoms with E-state index in [1.54, 1.807) is 9.80 Å². The third-order valence-electron chi connectivity index (χ3n) is 6.39. The Morgan fingerprint density at radius 3 is 2.61 bits per heavy atom. The molecule has 3 aromatic rings. The predicted molar refractivity (Wildman–Crippen MR) is 115 cm³/mol. The van der Waals surface area contributed by atoms with Crippen LogP contribution in [-0.4, -0.2) is 53.2 Å². The molecule has 0 unspecified atom stereocenters. The number of tetrazole rings is 1. The SMILES string of the molecule is CCC[C@@H](c1nnnn1Cc1ccc2c(c1)OCO2)[NH+]1CC[NH+](c2ccccc2)CC1. The van der Waals surface area contributed by atoms with Gasteiger partial charge in [-0.25, -0.2) is 4.68 Å². The number of hydrogen-bond donors (Lipinski definition) is 2. The zero-order valence-corrected chi connectivity index (χ0v) is 18.0. The van der Waals surface area contributed by atoms with Gasteiger partial charge < -0.3 is 14.4 Å². The molecule has 1 aromatic heterocycles. The van der Waals surface area contributed by atoms with E-state index in [4.69, 9.17) is 9.47 Å². The van der Waals surface area contributed by atoms with Gasteiger partial charge in [0.15, 0.2) is 11.5 Å². The second-order valence-corrected chi connectivity index (χ2v) is 8.35. The number of nitrogens with one attached hydrogen (secondary N) is 2. The molecule has 0 spiro atoms. The molecule has 0 bridgehead atoms. The van der Waals surface area contributed by atoms with Gasteiger partial charge in [0.2, 0.25) is 12.6 Å². The highest BCUT2D eigenvalue weighted by atomic mass is 16.7. The number of para-hydroxylation sites is 1. The van der Waals surface area contributed by atoms with E-state index in [1.165, 1.54) is 5.69 Å². The van der Waals surface area contributed by atoms with Crippen LogP contribution in [0.4, 0.5) is 5.69 Å². The molecule has 31 heavy (non-hydrogen) atoms. The Morgan fingerprint density at radius 1 is 1.00 bits per heavy atom. The van der Waals surface area contributed by atoms with Gasteiger partial charge in [0, 0.05) is 6.42 Å². The Bertz CT molecular complexity index is 1000. The van der Waals surface area contributed by atoms with Gasteiger partial charge in [-0.05, 0) is 40.3 Å². The van der Waals surface area contributed by atoms with Gasteiger partial charge in [0.25, 0.3) is 0 Å². The van der Waals surface area contributed by atoms with Crippen molar-refractivity contribution in [3.63, 3.8) is 0 Å². The largest absolute Gasteiger partial charge is 0.454 e. The summed E-state index contributed by atoms with van der Waals surface area (Å²) in [6.45, 7) is 7.65. The van der Waals surface area contributed by atoms with E-state index >= 15 is 0 Å². The summed E-state index contributed by atoms with van der Waals surface area (Å²) in [5.41, 5.74) is 2.50. The summed E-state index contributed by atoms with van der Waals surface area (Å²) in [4.78, 5) is 3.16. The molecule has 1 atom stereocenters. The lowest BCUT2D eigenvalue weighted by molar-refractivity contribution is -1.01. The number of benzene rings is 2. The second kappa shape index (κ2) is 9.03. The van der Waals surface area contributed by atoms with E-state index in [-0.39, 0.29) is 6.79 Å². The zero-order chi connectivity index (χ0) is 21.0. The van der Waals surface area contributed by atoms with Gasteiger partial charge in [-0.2, -0.15) is 0 Å². The quantitative estimate of drug-likeness (QED) is 0.577. The average Bonchev–Trinajstić information content (AvgIpc) is 3.47. The fourth-order valence-corrected chi connectivity index (χ4v) is 4.77. The van der Waals surface area contributed by atoms with Crippen LogP contribution in [0.15, 0.2) is 48.5 Å². The summed E-state index contributed by atoms with van der Waals surface area (Å²) in [5.74, 6) is 2.58. The summed E-state index contributed by atoms with van der Waals surface area (Å²) < 4.78 is 12.9. The minimum atomic E-state index is 0.286. The van der Waals surface area contributed by atoms with Crippen LogP contribution >= 0.6 is 0 Å². The highest BCUT2D eigenvalue weighted by molar-refractivity contribution is 5.44. The van der Waals surface area contributed by atoms with Crippen molar-refractivity contribution in [2.75, 3.05) is 33.0 Å². The summed E-state index contributed by atoms with van der Waals surface area (Å²) in [5, 5.41) is 12.8. The molecular formula is C23H30N6O2+2. The lowest BCUT2D eigenvalue weighted by Crippen LogP contribution is -3.26. The maximum Gasteiger partial charge on any atom is 0.231 e. The molecule has 0 amide bonds. The van der Waals surface area contributed by atoms with E-state index in [0.717, 1.165) is 61.9 Å². The van der Waals surface area contributed by atoms with Gasteiger partial charge in [-0.15, -0.1) is 5.10 Å². The normalized spacial score (nSPS) is 21.2. The summed E-state index contributed by atoms with van der Waals surface area (Å²) in [6.07, 6.45) is 2.19. The van der Waals surface area contributed by atoms with Crippen LogP contribution < -0.4 is 19.3 Å². The van der Waals surface area contributed by atoms with Crippen LogP contribution in [-0.2, 0) is 6.54 Å². The van der Waals surface area contributed by atoms with Crippen molar-refractivity contribution in [3.05, 3.63) is 59.9 Å². The van der Waals surface area contributed by atoms with Gasteiger partial charge >= 0.3 is 0 Å². The minimum absolute atomic E-state index is 0.286. The summed E-state index contributed by atoms with van der Waals surface area (Å²) in [6, 6.07) is 17.2. The summed E-state index contributed by atoms with van der Waals surface area (Å²) in [7, 11) is 0. The number of rotatable bonds is 7. The standard InChI is InChI=1S/C23H28N6O2/c1-2-6-20(28-13-11-27(12-14-28)19-7-4-3-5-8-19)23-24-25-26-29(23)16-18-9-10-21-22(15-18)31-17-30-21/h3-5,7-10,15,20H,2,6,11-14,16-17H2,1H3/p+2/t20-/m0/s1. The van der Waals surface area contributed by atoms with Gasteiger partial charge in [0.1, 0.15) is 37.9 Å². The molecule has 2 N–H and O–H groups in total. The molecule has 5 rings (SSSR count). The first kappa shape index (κ1) is 20.0. The monoisotopic (exact) mass is 422 g/mol. The number of nitrogens with zero attached hydrogens (tertiary/aromatic N) is 4. The van der Waals surface area contributed by atoms with Crippen molar-refractivity contribution in [1.82, 2.24) is 20.2 Å². The Kier molecular flexibility index (Phi) is 5.82. The Hall–Kier alpha value is -2.97. The van der Waals surface area contributed by atoms with Gasteiger partial charge in [-0.3, -0.25) is 4.90 Å². The number of hydrogen-bond acceptors (Lipinski definition) is 5. The van der Waals surface area contributed by atoms with E-state index in [9.17, 15) is 0 Å². The van der Waals surface area contributed by atoms with Crippen LogP contribution in [0.2, 0.25) is 0 Å². The number of fused-ring (bicyclic) bond motifs is 1. The first-order valence-electron chi connectivity index (χ1n) is 11.2. The van der Waals surface area contributed by atoms with E-state index in [2.05, 4.69) is 58.8 Å². The number of quaternary nitrogens is 2. The molecule has 1 fully saturated rings. The van der Waals surface area contributed by atoms with Crippen LogP contribution in [0.1, 0.15) is 37.2 Å². The van der Waals surface area contributed by atoms with Crippen LogP contribution in [0.3, 0.4) is 0 Å². The van der Waals surface area contributed by atoms with Crippen LogP contribution in [0.25, 0.3) is 0 Å². The molecule has 8 heteroatoms. The third-order valence-corrected chi connectivity index (χ3v) is 6.39. The highest BCUT2D eigenvalue weighted by Crippen LogP contribution is 2.32. The molecule has 8 nitrogen and oxygen atoms in total. The van der Waals surface area contributed by atoms with Crippen molar-refractivity contribution in [2.24, 2.45) is 0 Å². The molecule has 1 saturated heterocycles. The molecule has 0 saturated carbocycles. The first-order chi connectivity index (χ1) is 15.3. The number of piperazine rings is 1. The highest BCUT2D eigenvalue weighted by Gasteiger charge is 2.34. The van der Waals surface area contributed by atoms with Crippen molar-refractivity contribution in [3.8, 4) is 11.5 Å². The lowest BCUT2D eigenvalue weighted by atomic mass is 10.1. The zero-order valence-electron chi connectivity index (χ0n) is 18.0. The maximum atomic E-state index is 5.53. The molecule has 0 aliphatic carbocycles. The third kappa shape index (κ3) is 4.26. The predicted octanol–water partition coefficient (Wildman–Crippen LogP) is 0.406. The fraction of sp³-hybridized carbons (Fsp3) is 0.435. The molecular weight excluding hydrogens is 392 g/mol. The number of ether oxygens (including phenoxy) is 2. The molecule has 162 valence electrons. The van der Waals surface area contributed by atoms with Crippen molar-refractivity contribution in [2.45, 2.75) is 32.4 Å². The van der Waals surface area contributed by atoms with E-state index in [0.29, 0.717) is 12.6 Å². The van der Waals surface area contributed by atoms with E-state index in [1.807, 2.05) is 16.8 Å². The Labute approximate surface area is 182 Å². The lowest BCUT2D eigenvalue weighted by Gasteiger charge is -2.33. The van der Waals surface area contributed by atoms with Crippen LogP contribution in [0.5, 0.6) is 11.5 Å². The molecule has 2 aliphatic rings. The Balaban J connectivity index is 1.31. The van der Waals surface area contributed by atoms with Gasteiger partial charge in [0.05, 0.1) is 6.54 Å². The van der Waals surface area contributed by atoms with Crippen molar-refractivity contribution in [1.29, 1.82) is 0 Å². The van der Waals surface area contributed by atoms with Gasteiger partial charge in [-0.1, -0.05) is 37.6 Å².